The van der Waals surface area contributed by atoms with Crippen LogP contribution in [-0.2, 0) is 4.74 Å². The van der Waals surface area contributed by atoms with Crippen molar-refractivity contribution >= 4 is 35.0 Å². The van der Waals surface area contributed by atoms with Crippen molar-refractivity contribution in [2.24, 2.45) is 0 Å². The van der Waals surface area contributed by atoms with Gasteiger partial charge in [-0.2, -0.15) is 0 Å². The van der Waals surface area contributed by atoms with Crippen LogP contribution in [0.5, 0.6) is 0 Å². The maximum atomic E-state index is 12.4. The zero-order chi connectivity index (χ0) is 17.5. The first-order valence-electron chi connectivity index (χ1n) is 7.44. The van der Waals surface area contributed by atoms with Crippen molar-refractivity contribution in [2.45, 2.75) is 13.3 Å². The van der Waals surface area contributed by atoms with Gasteiger partial charge in [-0.25, -0.2) is 9.78 Å². The molecule has 0 unspecified atom stereocenters. The monoisotopic (exact) mass is 347 g/mol. The number of carbonyl (C=O) groups is 2. The fourth-order valence-electron chi connectivity index (χ4n) is 1.98. The molecule has 0 fully saturated rings. The molecule has 2 rings (SSSR count). The summed E-state index contributed by atoms with van der Waals surface area (Å²) >= 11 is 6.08. The van der Waals surface area contributed by atoms with Crippen molar-refractivity contribution in [1.29, 1.82) is 0 Å². The number of halogens is 1. The number of hydrogen-bond donors (Lipinski definition) is 2. The van der Waals surface area contributed by atoms with Gasteiger partial charge in [-0.15, -0.1) is 0 Å². The van der Waals surface area contributed by atoms with Crippen LogP contribution >= 0.6 is 11.6 Å². The third-order valence-electron chi connectivity index (χ3n) is 3.21. The molecule has 0 aliphatic rings. The number of carbonyl (C=O) groups excluding carboxylic acids is 2. The molecule has 1 aromatic heterocycles. The van der Waals surface area contributed by atoms with Crippen molar-refractivity contribution in [3.63, 3.8) is 0 Å². The van der Waals surface area contributed by atoms with Crippen LogP contribution < -0.4 is 10.6 Å². The van der Waals surface area contributed by atoms with Crippen molar-refractivity contribution in [3.05, 3.63) is 52.7 Å². The predicted molar refractivity (Wildman–Crippen MR) is 93.8 cm³/mol. The van der Waals surface area contributed by atoms with Gasteiger partial charge in [0.1, 0.15) is 5.82 Å². The van der Waals surface area contributed by atoms with Gasteiger partial charge in [0.2, 0.25) is 0 Å². The molecule has 0 saturated heterocycles. The number of anilines is 2. The highest BCUT2D eigenvalue weighted by Gasteiger charge is 2.13. The lowest BCUT2D eigenvalue weighted by Crippen LogP contribution is -2.14. The lowest BCUT2D eigenvalue weighted by atomic mass is 10.2. The molecule has 2 N–H and O–H groups in total. The van der Waals surface area contributed by atoms with Crippen LogP contribution in [0.3, 0.4) is 0 Å². The number of nitrogens with one attached hydrogen (secondary N) is 2. The third kappa shape index (κ3) is 4.45. The Morgan fingerprint density at radius 2 is 2.00 bits per heavy atom. The van der Waals surface area contributed by atoms with E-state index in [2.05, 4.69) is 20.4 Å². The molecule has 0 radical (unpaired) electrons. The van der Waals surface area contributed by atoms with Crippen LogP contribution in [0.1, 0.15) is 34.1 Å². The van der Waals surface area contributed by atoms with Gasteiger partial charge in [0, 0.05) is 18.3 Å². The molecule has 1 heterocycles. The molecule has 6 nitrogen and oxygen atoms in total. The molecule has 1 aromatic carbocycles. The Bertz CT molecular complexity index is 750. The van der Waals surface area contributed by atoms with E-state index in [9.17, 15) is 9.59 Å². The number of aromatic nitrogens is 1. The minimum atomic E-state index is -0.503. The van der Waals surface area contributed by atoms with Gasteiger partial charge in [0.15, 0.2) is 0 Å². The minimum absolute atomic E-state index is 0.303. The maximum Gasteiger partial charge on any atom is 0.337 e. The van der Waals surface area contributed by atoms with E-state index < -0.39 is 5.97 Å². The summed E-state index contributed by atoms with van der Waals surface area (Å²) in [7, 11) is 1.29. The fraction of sp³-hybridized carbons (Fsp3) is 0.235. The first-order valence-corrected chi connectivity index (χ1v) is 7.82. The normalized spacial score (nSPS) is 10.1. The minimum Gasteiger partial charge on any atom is -0.465 e. The summed E-state index contributed by atoms with van der Waals surface area (Å²) in [6, 6.07) is 7.80. The Morgan fingerprint density at radius 3 is 2.71 bits per heavy atom. The molecule has 1 amide bonds. The van der Waals surface area contributed by atoms with Gasteiger partial charge in [0.25, 0.3) is 5.91 Å². The number of esters is 1. The molecule has 24 heavy (non-hydrogen) atoms. The molecule has 0 bridgehead atoms. The van der Waals surface area contributed by atoms with E-state index in [-0.39, 0.29) is 5.91 Å². The van der Waals surface area contributed by atoms with Crippen molar-refractivity contribution < 1.29 is 14.3 Å². The first kappa shape index (κ1) is 17.7. The molecule has 126 valence electrons. The maximum absolute atomic E-state index is 12.4. The molecule has 2 aromatic rings. The van der Waals surface area contributed by atoms with Crippen molar-refractivity contribution in [1.82, 2.24) is 4.98 Å². The van der Waals surface area contributed by atoms with Crippen LogP contribution in [0, 0.1) is 0 Å². The molecular formula is C17H18ClN3O3. The summed E-state index contributed by atoms with van der Waals surface area (Å²) in [5.41, 5.74) is 1.07. The molecule has 0 atom stereocenters. The SMILES string of the molecule is CCCNc1cc(C(=O)Nc2cc(C(=O)OC)ccc2Cl)ccn1. The molecule has 0 saturated carbocycles. The highest BCUT2D eigenvalue weighted by Crippen LogP contribution is 2.24. The summed E-state index contributed by atoms with van der Waals surface area (Å²) in [6.07, 6.45) is 2.51. The van der Waals surface area contributed by atoms with Crippen LogP contribution in [0.25, 0.3) is 0 Å². The number of pyridine rings is 1. The van der Waals surface area contributed by atoms with Crippen LogP contribution in [0.4, 0.5) is 11.5 Å². The van der Waals surface area contributed by atoms with Crippen LogP contribution in [0.15, 0.2) is 36.5 Å². The van der Waals surface area contributed by atoms with Gasteiger partial charge < -0.3 is 15.4 Å². The van der Waals surface area contributed by atoms with Crippen molar-refractivity contribution in [3.8, 4) is 0 Å². The Labute approximate surface area is 145 Å². The predicted octanol–water partition coefficient (Wildman–Crippen LogP) is 3.60. The fourth-order valence-corrected chi connectivity index (χ4v) is 2.15. The second kappa shape index (κ2) is 8.31. The lowest BCUT2D eigenvalue weighted by Gasteiger charge is -2.10. The number of ether oxygens (including phenoxy) is 1. The quantitative estimate of drug-likeness (QED) is 0.780. The highest BCUT2D eigenvalue weighted by molar-refractivity contribution is 6.34. The highest BCUT2D eigenvalue weighted by atomic mass is 35.5. The number of hydrogen-bond acceptors (Lipinski definition) is 5. The molecular weight excluding hydrogens is 330 g/mol. The number of nitrogens with zero attached hydrogens (tertiary/aromatic N) is 1. The largest absolute Gasteiger partial charge is 0.465 e. The van der Waals surface area contributed by atoms with E-state index in [1.807, 2.05) is 6.92 Å². The van der Waals surface area contributed by atoms with E-state index in [0.29, 0.717) is 27.7 Å². The second-order valence-electron chi connectivity index (χ2n) is 5.00. The van der Waals surface area contributed by atoms with Gasteiger partial charge in [-0.05, 0) is 36.8 Å². The van der Waals surface area contributed by atoms with Crippen LogP contribution in [0.2, 0.25) is 5.02 Å². The topological polar surface area (TPSA) is 80.3 Å². The van der Waals surface area contributed by atoms with Gasteiger partial charge in [-0.1, -0.05) is 18.5 Å². The Balaban J connectivity index is 2.19. The molecule has 0 aliphatic carbocycles. The summed E-state index contributed by atoms with van der Waals surface area (Å²) in [4.78, 5) is 28.1. The molecule has 7 heteroatoms. The van der Waals surface area contributed by atoms with E-state index in [1.165, 1.54) is 25.3 Å². The smallest absolute Gasteiger partial charge is 0.337 e. The number of rotatable bonds is 6. The van der Waals surface area contributed by atoms with E-state index >= 15 is 0 Å². The standard InChI is InChI=1S/C17H18ClN3O3/c1-3-7-19-15-10-11(6-8-20-15)16(22)21-14-9-12(17(23)24-2)4-5-13(14)18/h4-6,8-10H,3,7H2,1-2H3,(H,19,20)(H,21,22). The number of amides is 1. The lowest BCUT2D eigenvalue weighted by molar-refractivity contribution is 0.0600. The number of benzene rings is 1. The molecule has 0 spiro atoms. The summed E-state index contributed by atoms with van der Waals surface area (Å²) < 4.78 is 4.66. The first-order chi connectivity index (χ1) is 11.5. The van der Waals surface area contributed by atoms with Gasteiger partial charge >= 0.3 is 5.97 Å². The van der Waals surface area contributed by atoms with E-state index in [4.69, 9.17) is 11.6 Å². The zero-order valence-corrected chi connectivity index (χ0v) is 14.2. The van der Waals surface area contributed by atoms with Crippen LogP contribution in [-0.4, -0.2) is 30.5 Å². The average Bonchev–Trinajstić information content (AvgIpc) is 2.61. The third-order valence-corrected chi connectivity index (χ3v) is 3.54. The van der Waals surface area contributed by atoms with E-state index in [1.54, 1.807) is 18.3 Å². The van der Waals surface area contributed by atoms with Gasteiger partial charge in [0.05, 0.1) is 23.4 Å². The Hall–Kier alpha value is -2.60. The zero-order valence-electron chi connectivity index (χ0n) is 13.4. The summed E-state index contributed by atoms with van der Waals surface area (Å²) in [5, 5.41) is 6.14. The van der Waals surface area contributed by atoms with E-state index in [0.717, 1.165) is 13.0 Å². The second-order valence-corrected chi connectivity index (χ2v) is 5.40. The Kier molecular flexibility index (Phi) is 6.14. The summed E-state index contributed by atoms with van der Waals surface area (Å²) in [5.74, 6) is -0.225. The van der Waals surface area contributed by atoms with Gasteiger partial charge in [-0.3, -0.25) is 4.79 Å². The summed E-state index contributed by atoms with van der Waals surface area (Å²) in [6.45, 7) is 2.81. The van der Waals surface area contributed by atoms with Crippen molar-refractivity contribution in [2.75, 3.05) is 24.3 Å². The Morgan fingerprint density at radius 1 is 1.21 bits per heavy atom. The molecule has 0 aliphatic heterocycles. The number of methoxy groups -OCH3 is 1. The average molecular weight is 348 g/mol.